The summed E-state index contributed by atoms with van der Waals surface area (Å²) in [6, 6.07) is 14.1. The van der Waals surface area contributed by atoms with E-state index >= 15 is 0 Å². The molecule has 0 heterocycles. The SMILES string of the molecule is [CH2]c1ccc(Oc2ccc(NS(C)(=O)=O)cc2)cc1. The van der Waals surface area contributed by atoms with Crippen molar-refractivity contribution in [3.63, 3.8) is 0 Å². The molecule has 5 heteroatoms. The van der Waals surface area contributed by atoms with Crippen LogP contribution >= 0.6 is 0 Å². The monoisotopic (exact) mass is 276 g/mol. The van der Waals surface area contributed by atoms with Gasteiger partial charge in [-0.25, -0.2) is 8.42 Å². The van der Waals surface area contributed by atoms with Gasteiger partial charge in [0.1, 0.15) is 11.5 Å². The molecule has 0 aliphatic carbocycles. The van der Waals surface area contributed by atoms with Gasteiger partial charge in [0.15, 0.2) is 0 Å². The van der Waals surface area contributed by atoms with Crippen LogP contribution in [0.25, 0.3) is 0 Å². The van der Waals surface area contributed by atoms with Crippen molar-refractivity contribution in [2.45, 2.75) is 0 Å². The van der Waals surface area contributed by atoms with Gasteiger partial charge in [0.25, 0.3) is 0 Å². The Morgan fingerprint density at radius 1 is 0.947 bits per heavy atom. The van der Waals surface area contributed by atoms with Crippen molar-refractivity contribution in [1.82, 2.24) is 0 Å². The smallest absolute Gasteiger partial charge is 0.229 e. The maximum atomic E-state index is 11.1. The molecule has 0 aliphatic rings. The van der Waals surface area contributed by atoms with Crippen LogP contribution in [0.3, 0.4) is 0 Å². The molecule has 0 atom stereocenters. The Morgan fingerprint density at radius 3 is 1.89 bits per heavy atom. The van der Waals surface area contributed by atoms with E-state index in [1.807, 2.05) is 24.3 Å². The molecule has 0 unspecified atom stereocenters. The van der Waals surface area contributed by atoms with E-state index in [-0.39, 0.29) is 0 Å². The van der Waals surface area contributed by atoms with E-state index in [1.165, 1.54) is 0 Å². The third kappa shape index (κ3) is 4.30. The van der Waals surface area contributed by atoms with Crippen molar-refractivity contribution in [2.75, 3.05) is 11.0 Å². The molecule has 2 aromatic carbocycles. The maximum absolute atomic E-state index is 11.1. The summed E-state index contributed by atoms with van der Waals surface area (Å²) in [5.74, 6) is 1.34. The molecule has 0 aliphatic heterocycles. The maximum Gasteiger partial charge on any atom is 0.229 e. The van der Waals surface area contributed by atoms with Gasteiger partial charge in [-0.2, -0.15) is 0 Å². The lowest BCUT2D eigenvalue weighted by atomic mass is 10.2. The zero-order valence-corrected chi connectivity index (χ0v) is 11.3. The minimum Gasteiger partial charge on any atom is -0.457 e. The van der Waals surface area contributed by atoms with Crippen molar-refractivity contribution < 1.29 is 13.2 Å². The lowest BCUT2D eigenvalue weighted by molar-refractivity contribution is 0.482. The molecule has 99 valence electrons. The quantitative estimate of drug-likeness (QED) is 0.933. The van der Waals surface area contributed by atoms with Crippen LogP contribution in [0.5, 0.6) is 11.5 Å². The standard InChI is InChI=1S/C14H14NO3S/c1-11-3-7-13(8-4-11)18-14-9-5-12(6-10-14)15-19(2,16)17/h3-10,15H,1H2,2H3. The molecule has 19 heavy (non-hydrogen) atoms. The fourth-order valence-electron chi connectivity index (χ4n) is 1.50. The Hall–Kier alpha value is -2.01. The highest BCUT2D eigenvalue weighted by Crippen LogP contribution is 2.23. The summed E-state index contributed by atoms with van der Waals surface area (Å²) in [7, 11) is -3.25. The number of rotatable bonds is 4. The second kappa shape index (κ2) is 5.32. The number of anilines is 1. The van der Waals surface area contributed by atoms with Crippen LogP contribution in [0.1, 0.15) is 5.56 Å². The highest BCUT2D eigenvalue weighted by molar-refractivity contribution is 7.92. The Bertz CT molecular complexity index is 646. The highest BCUT2D eigenvalue weighted by Gasteiger charge is 2.02. The molecule has 1 N–H and O–H groups in total. The van der Waals surface area contributed by atoms with Crippen LogP contribution in [-0.4, -0.2) is 14.7 Å². The van der Waals surface area contributed by atoms with Crippen molar-refractivity contribution in [1.29, 1.82) is 0 Å². The number of sulfonamides is 1. The van der Waals surface area contributed by atoms with Crippen LogP contribution in [0.2, 0.25) is 0 Å². The van der Waals surface area contributed by atoms with Gasteiger partial charge >= 0.3 is 0 Å². The number of benzene rings is 2. The van der Waals surface area contributed by atoms with Gasteiger partial charge in [-0.3, -0.25) is 4.72 Å². The minimum atomic E-state index is -3.25. The summed E-state index contributed by atoms with van der Waals surface area (Å²) in [5.41, 5.74) is 1.42. The second-order valence-corrected chi connectivity index (χ2v) is 5.89. The van der Waals surface area contributed by atoms with E-state index in [0.717, 1.165) is 11.8 Å². The molecule has 1 radical (unpaired) electrons. The topological polar surface area (TPSA) is 55.4 Å². The van der Waals surface area contributed by atoms with E-state index in [1.54, 1.807) is 24.3 Å². The van der Waals surface area contributed by atoms with E-state index in [0.29, 0.717) is 17.2 Å². The van der Waals surface area contributed by atoms with Gasteiger partial charge in [-0.1, -0.05) is 12.1 Å². The molecule has 0 fully saturated rings. The molecular formula is C14H14NO3S. The Labute approximate surface area is 113 Å². The van der Waals surface area contributed by atoms with Gasteiger partial charge in [0, 0.05) is 5.69 Å². The molecule has 0 saturated heterocycles. The zero-order chi connectivity index (χ0) is 13.9. The zero-order valence-electron chi connectivity index (χ0n) is 10.5. The van der Waals surface area contributed by atoms with Gasteiger partial charge in [-0.05, 0) is 48.9 Å². The molecule has 0 aromatic heterocycles. The molecule has 0 bridgehead atoms. The van der Waals surface area contributed by atoms with Crippen LogP contribution < -0.4 is 9.46 Å². The Balaban J connectivity index is 2.08. The van der Waals surface area contributed by atoms with Crippen molar-refractivity contribution in [2.24, 2.45) is 0 Å². The third-order valence-electron chi connectivity index (χ3n) is 2.32. The van der Waals surface area contributed by atoms with Crippen LogP contribution in [-0.2, 0) is 10.0 Å². The number of nitrogens with one attached hydrogen (secondary N) is 1. The molecule has 2 aromatic rings. The normalized spacial score (nSPS) is 11.1. The summed E-state index contributed by atoms with van der Waals surface area (Å²) in [5, 5.41) is 0. The summed E-state index contributed by atoms with van der Waals surface area (Å²) >= 11 is 0. The predicted octanol–water partition coefficient (Wildman–Crippen LogP) is 3.03. The lowest BCUT2D eigenvalue weighted by Gasteiger charge is -2.07. The van der Waals surface area contributed by atoms with Crippen molar-refractivity contribution in [3.8, 4) is 11.5 Å². The van der Waals surface area contributed by atoms with E-state index < -0.39 is 10.0 Å². The van der Waals surface area contributed by atoms with Crippen LogP contribution in [0.4, 0.5) is 5.69 Å². The first-order chi connectivity index (χ1) is 8.92. The summed E-state index contributed by atoms with van der Waals surface area (Å²) in [6.07, 6.45) is 1.11. The largest absolute Gasteiger partial charge is 0.457 e. The highest BCUT2D eigenvalue weighted by atomic mass is 32.2. The van der Waals surface area contributed by atoms with Gasteiger partial charge < -0.3 is 4.74 Å². The molecular weight excluding hydrogens is 262 g/mol. The minimum absolute atomic E-state index is 0.503. The second-order valence-electron chi connectivity index (χ2n) is 4.14. The number of hydrogen-bond donors (Lipinski definition) is 1. The average molecular weight is 276 g/mol. The predicted molar refractivity (Wildman–Crippen MR) is 75.9 cm³/mol. The molecule has 0 spiro atoms. The first-order valence-electron chi connectivity index (χ1n) is 5.60. The first kappa shape index (κ1) is 13.4. The fourth-order valence-corrected chi connectivity index (χ4v) is 2.06. The summed E-state index contributed by atoms with van der Waals surface area (Å²) in [6.45, 7) is 3.79. The van der Waals surface area contributed by atoms with E-state index in [9.17, 15) is 8.42 Å². The fraction of sp³-hybridized carbons (Fsp3) is 0.0714. The van der Waals surface area contributed by atoms with Crippen molar-refractivity contribution >= 4 is 15.7 Å². The van der Waals surface area contributed by atoms with E-state index in [2.05, 4.69) is 11.6 Å². The summed E-state index contributed by atoms with van der Waals surface area (Å²) in [4.78, 5) is 0. The number of ether oxygens (including phenoxy) is 1. The third-order valence-corrected chi connectivity index (χ3v) is 2.92. The Kier molecular flexibility index (Phi) is 3.76. The number of hydrogen-bond acceptors (Lipinski definition) is 3. The summed E-state index contributed by atoms with van der Waals surface area (Å²) < 4.78 is 30.1. The van der Waals surface area contributed by atoms with Crippen molar-refractivity contribution in [3.05, 3.63) is 61.0 Å². The molecule has 0 saturated carbocycles. The van der Waals surface area contributed by atoms with Crippen LogP contribution in [0.15, 0.2) is 48.5 Å². The molecule has 4 nitrogen and oxygen atoms in total. The molecule has 2 rings (SSSR count). The van der Waals surface area contributed by atoms with Gasteiger partial charge in [0.2, 0.25) is 10.0 Å². The average Bonchev–Trinajstić information content (AvgIpc) is 2.33. The van der Waals surface area contributed by atoms with Gasteiger partial charge in [0.05, 0.1) is 6.26 Å². The Morgan fingerprint density at radius 2 is 1.42 bits per heavy atom. The van der Waals surface area contributed by atoms with Crippen LogP contribution in [0, 0.1) is 6.92 Å². The first-order valence-corrected chi connectivity index (χ1v) is 7.49. The van der Waals surface area contributed by atoms with E-state index in [4.69, 9.17) is 4.74 Å². The molecule has 0 amide bonds. The lowest BCUT2D eigenvalue weighted by Crippen LogP contribution is -2.09. The van der Waals surface area contributed by atoms with Gasteiger partial charge in [-0.15, -0.1) is 0 Å².